The number of alkyl halides is 1. The lowest BCUT2D eigenvalue weighted by Crippen LogP contribution is -2.47. The smallest absolute Gasteiger partial charge is 0.166 e. The molecule has 0 spiro atoms. The van der Waals surface area contributed by atoms with Crippen molar-refractivity contribution in [1.29, 1.82) is 0 Å². The van der Waals surface area contributed by atoms with Gasteiger partial charge in [-0.15, -0.1) is 0 Å². The van der Waals surface area contributed by atoms with E-state index in [0.29, 0.717) is 61.1 Å². The van der Waals surface area contributed by atoms with Gasteiger partial charge in [0.1, 0.15) is 11.4 Å². The second kappa shape index (κ2) is 8.17. The van der Waals surface area contributed by atoms with E-state index in [1.807, 2.05) is 0 Å². The first-order valence-corrected chi connectivity index (χ1v) is 10.4. The van der Waals surface area contributed by atoms with E-state index in [1.165, 1.54) is 0 Å². The summed E-state index contributed by atoms with van der Waals surface area (Å²) in [5.74, 6) is 0.363. The molecule has 1 aromatic carbocycles. The van der Waals surface area contributed by atoms with Crippen molar-refractivity contribution in [2.24, 2.45) is 0 Å². The van der Waals surface area contributed by atoms with Crippen LogP contribution in [0.1, 0.15) is 61.9 Å². The fourth-order valence-electron chi connectivity index (χ4n) is 4.12. The molecule has 0 bridgehead atoms. The molecule has 0 amide bonds. The zero-order valence-electron chi connectivity index (χ0n) is 16.7. The van der Waals surface area contributed by atoms with Crippen molar-refractivity contribution >= 4 is 23.1 Å². The molecule has 0 unspecified atom stereocenters. The van der Waals surface area contributed by atoms with Gasteiger partial charge in [-0.25, -0.2) is 4.39 Å². The monoisotopic (exact) mass is 412 g/mol. The molecule has 2 aliphatic heterocycles. The van der Waals surface area contributed by atoms with Crippen molar-refractivity contribution in [3.05, 3.63) is 22.2 Å². The lowest BCUT2D eigenvalue weighted by atomic mass is 9.86. The molecule has 2 heterocycles. The van der Waals surface area contributed by atoms with Crippen molar-refractivity contribution in [3.63, 3.8) is 0 Å². The zero-order chi connectivity index (χ0) is 20.5. The van der Waals surface area contributed by atoms with Gasteiger partial charge in [-0.2, -0.15) is 0 Å². The Hall–Kier alpha value is -1.37. The summed E-state index contributed by atoms with van der Waals surface area (Å²) < 4.78 is 20.9. The largest absolute Gasteiger partial charge is 0.492 e. The number of hydrogen-bond donors (Lipinski definition) is 2. The van der Waals surface area contributed by atoms with Crippen LogP contribution in [0.5, 0.6) is 5.75 Å². The number of nitrogen functional groups attached to an aromatic ring is 1. The topological polar surface area (TPSA) is 75.8 Å². The number of ether oxygens (including phenoxy) is 1. The van der Waals surface area contributed by atoms with Gasteiger partial charge in [0.25, 0.3) is 0 Å². The van der Waals surface area contributed by atoms with Gasteiger partial charge in [0.15, 0.2) is 5.78 Å². The first-order valence-electron chi connectivity index (χ1n) is 9.98. The van der Waals surface area contributed by atoms with Crippen LogP contribution in [0.15, 0.2) is 6.07 Å². The fraction of sp³-hybridized carbons (Fsp3) is 0.667. The summed E-state index contributed by atoms with van der Waals surface area (Å²) in [5.41, 5.74) is 5.56. The third-order valence-corrected chi connectivity index (χ3v) is 5.97. The summed E-state index contributed by atoms with van der Waals surface area (Å²) in [6, 6.07) is 1.56. The van der Waals surface area contributed by atoms with Crippen LogP contribution in [-0.2, 0) is 6.42 Å². The van der Waals surface area contributed by atoms with Crippen LogP contribution in [0.3, 0.4) is 0 Å². The molecule has 28 heavy (non-hydrogen) atoms. The first-order chi connectivity index (χ1) is 13.1. The Bertz CT molecular complexity index is 740. The second-order valence-electron chi connectivity index (χ2n) is 8.74. The van der Waals surface area contributed by atoms with Gasteiger partial charge in [-0.3, -0.25) is 4.79 Å². The quantitative estimate of drug-likeness (QED) is 0.549. The number of β-amino-alcohol motifs (C(OH)–C–C–N with tert-alkyl or cyclic N) is 1. The molecule has 1 aromatic rings. The highest BCUT2D eigenvalue weighted by atomic mass is 35.5. The number of ketones is 1. The van der Waals surface area contributed by atoms with Crippen LogP contribution in [0.4, 0.5) is 10.1 Å². The highest BCUT2D eigenvalue weighted by Gasteiger charge is 2.36. The molecule has 3 N–H and O–H groups in total. The van der Waals surface area contributed by atoms with Gasteiger partial charge >= 0.3 is 0 Å². The normalized spacial score (nSPS) is 19.8. The molecule has 5 nitrogen and oxygen atoms in total. The molecular weight excluding hydrogens is 383 g/mol. The number of Topliss-reactive ketones (excluding diaryl/α,β-unsaturated/α-hetero) is 1. The van der Waals surface area contributed by atoms with Crippen molar-refractivity contribution < 1.29 is 19.0 Å². The minimum Gasteiger partial charge on any atom is -0.492 e. The van der Waals surface area contributed by atoms with E-state index in [2.05, 4.69) is 4.90 Å². The van der Waals surface area contributed by atoms with Gasteiger partial charge < -0.3 is 20.5 Å². The number of likely N-dealkylation sites (tertiary alicyclic amines) is 1. The lowest BCUT2D eigenvalue weighted by molar-refractivity contribution is -0.00367. The predicted molar refractivity (Wildman–Crippen MR) is 109 cm³/mol. The molecule has 156 valence electrons. The lowest BCUT2D eigenvalue weighted by Gasteiger charge is -2.38. The number of hydrogen-bond acceptors (Lipinski definition) is 5. The van der Waals surface area contributed by atoms with Gasteiger partial charge in [0.05, 0.1) is 28.5 Å². The maximum atomic E-state index is 15.2. The number of nitrogens with zero attached hydrogens (tertiary/aromatic N) is 1. The first kappa shape index (κ1) is 21.3. The predicted octanol–water partition coefficient (Wildman–Crippen LogP) is 3.79. The van der Waals surface area contributed by atoms with E-state index in [9.17, 15) is 9.90 Å². The van der Waals surface area contributed by atoms with Crippen molar-refractivity contribution in [1.82, 2.24) is 4.90 Å². The summed E-state index contributed by atoms with van der Waals surface area (Å²) in [4.78, 5) is 14.9. The molecule has 1 saturated heterocycles. The van der Waals surface area contributed by atoms with Crippen LogP contribution in [0.25, 0.3) is 0 Å². The zero-order valence-corrected chi connectivity index (χ0v) is 17.4. The number of aliphatic hydroxyl groups is 1. The van der Waals surface area contributed by atoms with Gasteiger partial charge in [0.2, 0.25) is 0 Å². The molecule has 7 heteroatoms. The third kappa shape index (κ3) is 4.97. The molecule has 1 fully saturated rings. The maximum absolute atomic E-state index is 15.2. The average molecular weight is 413 g/mol. The Morgan fingerprint density at radius 1 is 1.43 bits per heavy atom. The summed E-state index contributed by atoms with van der Waals surface area (Å²) in [6.45, 7) is 5.74. The summed E-state index contributed by atoms with van der Waals surface area (Å²) in [5, 5.41) is 10.3. The van der Waals surface area contributed by atoms with Crippen LogP contribution in [0.2, 0.25) is 5.02 Å². The van der Waals surface area contributed by atoms with Gasteiger partial charge in [-0.1, -0.05) is 11.6 Å². The number of fused-ring (bicyclic) bond motifs is 1. The minimum absolute atomic E-state index is 0.109. The maximum Gasteiger partial charge on any atom is 0.166 e. The highest BCUT2D eigenvalue weighted by molar-refractivity contribution is 6.33. The molecule has 0 radical (unpaired) electrons. The number of carbonyl (C=O) groups excluding carboxylic acids is 1. The van der Waals surface area contributed by atoms with Crippen molar-refractivity contribution in [3.8, 4) is 5.75 Å². The van der Waals surface area contributed by atoms with E-state index in [1.54, 1.807) is 19.9 Å². The van der Waals surface area contributed by atoms with E-state index in [4.69, 9.17) is 22.1 Å². The number of nitrogens with two attached hydrogens (primary N) is 1. The second-order valence-corrected chi connectivity index (χ2v) is 9.15. The number of anilines is 1. The number of piperidine rings is 1. The molecule has 2 aliphatic rings. The number of benzene rings is 1. The van der Waals surface area contributed by atoms with Gasteiger partial charge in [-0.05, 0) is 52.0 Å². The SMILES string of the molecule is CC(C)(O)CN1CCC(F)(CCC(=O)c2cc(Cl)c(N)c3c2OCCC3)CC1. The molecule has 0 aromatic heterocycles. The minimum atomic E-state index is -1.36. The van der Waals surface area contributed by atoms with E-state index in [0.717, 1.165) is 18.4 Å². The van der Waals surface area contributed by atoms with Gasteiger partial charge in [0, 0.05) is 31.6 Å². The average Bonchev–Trinajstić information content (AvgIpc) is 2.64. The molecule has 3 rings (SSSR count). The summed E-state index contributed by atoms with van der Waals surface area (Å²) in [6.07, 6.45) is 2.59. The Balaban J connectivity index is 1.63. The third-order valence-electron chi connectivity index (χ3n) is 5.65. The van der Waals surface area contributed by atoms with Crippen LogP contribution < -0.4 is 10.5 Å². The summed E-state index contributed by atoms with van der Waals surface area (Å²) in [7, 11) is 0. The Morgan fingerprint density at radius 3 is 2.75 bits per heavy atom. The summed E-state index contributed by atoms with van der Waals surface area (Å²) >= 11 is 6.21. The van der Waals surface area contributed by atoms with Crippen molar-refractivity contribution in [2.75, 3.05) is 32.0 Å². The van der Waals surface area contributed by atoms with Crippen molar-refractivity contribution in [2.45, 2.75) is 63.6 Å². The molecular formula is C21H30ClFN2O3. The Kier molecular flexibility index (Phi) is 6.23. The number of rotatable bonds is 6. The van der Waals surface area contributed by atoms with E-state index in [-0.39, 0.29) is 18.6 Å². The fourth-order valence-corrected chi connectivity index (χ4v) is 4.35. The van der Waals surface area contributed by atoms with E-state index < -0.39 is 11.3 Å². The Labute approximate surface area is 171 Å². The van der Waals surface area contributed by atoms with E-state index >= 15 is 4.39 Å². The van der Waals surface area contributed by atoms with Crippen LogP contribution in [0, 0.1) is 0 Å². The molecule has 0 saturated carbocycles. The number of halogens is 2. The number of carbonyl (C=O) groups is 1. The highest BCUT2D eigenvalue weighted by Crippen LogP contribution is 2.39. The van der Waals surface area contributed by atoms with Crippen LogP contribution >= 0.6 is 11.6 Å². The molecule has 0 atom stereocenters. The molecule has 0 aliphatic carbocycles. The van der Waals surface area contributed by atoms with Crippen LogP contribution in [-0.4, -0.2) is 53.3 Å². The Morgan fingerprint density at radius 2 is 2.11 bits per heavy atom. The standard InChI is InChI=1S/C21H30ClFN2O3/c1-20(2,27)13-25-9-7-21(23,8-10-25)6-5-17(26)15-12-16(22)18(24)14-4-3-11-28-19(14)15/h12,27H,3-11,13,24H2,1-2H3.